The van der Waals surface area contributed by atoms with Crippen LogP contribution in [0.15, 0.2) is 23.1 Å². The molecule has 1 heterocycles. The van der Waals surface area contributed by atoms with Gasteiger partial charge in [-0.3, -0.25) is 19.8 Å². The Morgan fingerprint density at radius 3 is 2.10 bits per heavy atom. The monoisotopic (exact) mass is 455 g/mol. The van der Waals surface area contributed by atoms with Gasteiger partial charge in [0.25, 0.3) is 5.69 Å². The summed E-state index contributed by atoms with van der Waals surface area (Å²) < 4.78 is 27.7. The first-order chi connectivity index (χ1) is 14.7. The van der Waals surface area contributed by atoms with Crippen molar-refractivity contribution in [1.29, 1.82) is 0 Å². The number of sulfonamides is 1. The Morgan fingerprint density at radius 1 is 1.03 bits per heavy atom. The van der Waals surface area contributed by atoms with Crippen molar-refractivity contribution in [3.8, 4) is 0 Å². The van der Waals surface area contributed by atoms with Crippen LogP contribution in [0.3, 0.4) is 0 Å². The molecule has 1 fully saturated rings. The lowest BCUT2D eigenvalue weighted by Crippen LogP contribution is -2.50. The molecule has 1 aliphatic rings. The van der Waals surface area contributed by atoms with Crippen LogP contribution in [0.4, 0.5) is 11.4 Å². The maximum Gasteiger partial charge on any atom is 0.270 e. The van der Waals surface area contributed by atoms with Crippen LogP contribution in [0, 0.1) is 10.1 Å². The molecule has 0 bridgehead atoms. The topological polar surface area (TPSA) is 107 Å². The second-order valence-electron chi connectivity index (χ2n) is 7.33. The molecule has 0 atom stereocenters. The van der Waals surface area contributed by atoms with E-state index in [9.17, 15) is 23.3 Å². The summed E-state index contributed by atoms with van der Waals surface area (Å²) in [4.78, 5) is 28.8. The van der Waals surface area contributed by atoms with E-state index in [2.05, 4.69) is 4.90 Å². The molecule has 1 aromatic rings. The third-order valence-corrected chi connectivity index (χ3v) is 7.74. The van der Waals surface area contributed by atoms with Gasteiger partial charge in [-0.1, -0.05) is 13.8 Å². The zero-order valence-corrected chi connectivity index (χ0v) is 19.6. The molecule has 11 heteroatoms. The van der Waals surface area contributed by atoms with Gasteiger partial charge in [0.1, 0.15) is 4.90 Å². The number of carbonyl (C=O) groups excluding carboxylic acids is 1. The normalized spacial score (nSPS) is 15.3. The molecule has 1 aliphatic heterocycles. The number of carbonyl (C=O) groups is 1. The van der Waals surface area contributed by atoms with Crippen LogP contribution in [0.5, 0.6) is 0 Å². The van der Waals surface area contributed by atoms with Gasteiger partial charge in [0.2, 0.25) is 15.9 Å². The van der Waals surface area contributed by atoms with Crippen molar-refractivity contribution in [2.24, 2.45) is 0 Å². The lowest BCUT2D eigenvalue weighted by molar-refractivity contribution is -0.385. The molecule has 1 saturated heterocycles. The number of non-ortho nitro benzene ring substituents is 1. The van der Waals surface area contributed by atoms with E-state index in [-0.39, 0.29) is 29.6 Å². The van der Waals surface area contributed by atoms with Gasteiger partial charge in [-0.2, -0.15) is 4.31 Å². The highest BCUT2D eigenvalue weighted by Crippen LogP contribution is 2.32. The predicted octanol–water partition coefficient (Wildman–Crippen LogP) is 1.62. The van der Waals surface area contributed by atoms with Gasteiger partial charge >= 0.3 is 0 Å². The second kappa shape index (κ2) is 10.9. The molecule has 2 rings (SSSR count). The Labute approximate surface area is 184 Å². The molecule has 0 radical (unpaired) electrons. The predicted molar refractivity (Wildman–Crippen MR) is 120 cm³/mol. The lowest BCUT2D eigenvalue weighted by Gasteiger charge is -2.37. The molecule has 31 heavy (non-hydrogen) atoms. The average Bonchev–Trinajstić information content (AvgIpc) is 2.75. The zero-order chi connectivity index (χ0) is 23.2. The van der Waals surface area contributed by atoms with E-state index < -0.39 is 14.9 Å². The number of hydrogen-bond donors (Lipinski definition) is 0. The summed E-state index contributed by atoms with van der Waals surface area (Å²) in [5.41, 5.74) is 0.213. The van der Waals surface area contributed by atoms with Crippen LogP contribution < -0.4 is 4.90 Å². The SMILES string of the molecule is CCN(CC)C(=O)CN1CCN(c2ccc([N+](=O)[O-])cc2S(=O)(=O)N(CC)CC)CC1. The molecular formula is C20H33N5O5S. The fourth-order valence-corrected chi connectivity index (χ4v) is 5.49. The first-order valence-electron chi connectivity index (χ1n) is 10.7. The summed E-state index contributed by atoms with van der Waals surface area (Å²) in [6.45, 7) is 11.9. The fraction of sp³-hybridized carbons (Fsp3) is 0.650. The van der Waals surface area contributed by atoms with Crippen molar-refractivity contribution in [2.75, 3.05) is 63.8 Å². The Morgan fingerprint density at radius 2 is 1.61 bits per heavy atom. The third kappa shape index (κ3) is 5.72. The number of anilines is 1. The Kier molecular flexibility index (Phi) is 8.78. The Hall–Kier alpha value is -2.24. The Bertz CT molecular complexity index is 876. The number of amides is 1. The summed E-state index contributed by atoms with van der Waals surface area (Å²) in [5, 5.41) is 11.3. The number of likely N-dealkylation sites (N-methyl/N-ethyl adjacent to an activating group) is 1. The molecule has 0 aromatic heterocycles. The van der Waals surface area contributed by atoms with Gasteiger partial charge in [-0.25, -0.2) is 8.42 Å². The molecule has 174 valence electrons. The van der Waals surface area contributed by atoms with Crippen LogP contribution in [-0.4, -0.2) is 92.3 Å². The van der Waals surface area contributed by atoms with Crippen molar-refractivity contribution in [2.45, 2.75) is 32.6 Å². The highest BCUT2D eigenvalue weighted by atomic mass is 32.2. The van der Waals surface area contributed by atoms with E-state index in [1.165, 1.54) is 16.4 Å². The van der Waals surface area contributed by atoms with Crippen molar-refractivity contribution < 1.29 is 18.1 Å². The minimum Gasteiger partial charge on any atom is -0.368 e. The van der Waals surface area contributed by atoms with Crippen LogP contribution in [0.25, 0.3) is 0 Å². The maximum atomic E-state index is 13.2. The molecule has 0 aliphatic carbocycles. The number of hydrogen-bond acceptors (Lipinski definition) is 7. The number of rotatable bonds is 10. The zero-order valence-electron chi connectivity index (χ0n) is 18.8. The minimum absolute atomic E-state index is 0.0435. The van der Waals surface area contributed by atoms with Gasteiger partial charge in [-0.05, 0) is 19.9 Å². The number of benzene rings is 1. The molecule has 0 unspecified atom stereocenters. The fourth-order valence-electron chi connectivity index (χ4n) is 3.80. The van der Waals surface area contributed by atoms with Crippen LogP contribution in [0.1, 0.15) is 27.7 Å². The van der Waals surface area contributed by atoms with Gasteiger partial charge in [0.15, 0.2) is 0 Å². The number of nitro benzene ring substituents is 1. The summed E-state index contributed by atoms with van der Waals surface area (Å²) in [5.74, 6) is 0.0820. The smallest absolute Gasteiger partial charge is 0.270 e. The molecular weight excluding hydrogens is 422 g/mol. The highest BCUT2D eigenvalue weighted by Gasteiger charge is 2.30. The van der Waals surface area contributed by atoms with Gasteiger partial charge in [-0.15, -0.1) is 0 Å². The van der Waals surface area contributed by atoms with Crippen molar-refractivity contribution in [3.63, 3.8) is 0 Å². The van der Waals surface area contributed by atoms with Gasteiger partial charge < -0.3 is 9.80 Å². The summed E-state index contributed by atoms with van der Waals surface area (Å²) >= 11 is 0. The first kappa shape index (κ1) is 25.0. The number of nitrogens with zero attached hydrogens (tertiary/aromatic N) is 5. The molecule has 1 aromatic carbocycles. The quantitative estimate of drug-likeness (QED) is 0.390. The minimum atomic E-state index is -3.87. The third-order valence-electron chi connectivity index (χ3n) is 5.67. The van der Waals surface area contributed by atoms with Gasteiger partial charge in [0, 0.05) is 64.5 Å². The molecule has 10 nitrogen and oxygen atoms in total. The van der Waals surface area contributed by atoms with Crippen LogP contribution in [-0.2, 0) is 14.8 Å². The van der Waals surface area contributed by atoms with Crippen molar-refractivity contribution >= 4 is 27.3 Å². The molecule has 1 amide bonds. The van der Waals surface area contributed by atoms with E-state index in [0.29, 0.717) is 51.5 Å². The Balaban J connectivity index is 2.26. The van der Waals surface area contributed by atoms with Crippen molar-refractivity contribution in [1.82, 2.24) is 14.1 Å². The largest absolute Gasteiger partial charge is 0.368 e. The van der Waals surface area contributed by atoms with Crippen LogP contribution in [0.2, 0.25) is 0 Å². The first-order valence-corrected chi connectivity index (χ1v) is 12.2. The van der Waals surface area contributed by atoms with Crippen LogP contribution >= 0.6 is 0 Å². The van der Waals surface area contributed by atoms with Gasteiger partial charge in [0.05, 0.1) is 17.2 Å². The number of nitro groups is 1. The lowest BCUT2D eigenvalue weighted by atomic mass is 10.2. The van der Waals surface area contributed by atoms with E-state index >= 15 is 0 Å². The average molecular weight is 456 g/mol. The van der Waals surface area contributed by atoms with E-state index in [1.807, 2.05) is 18.7 Å². The van der Waals surface area contributed by atoms with E-state index in [1.54, 1.807) is 18.7 Å². The number of piperazine rings is 1. The molecule has 0 N–H and O–H groups in total. The molecule has 0 spiro atoms. The maximum absolute atomic E-state index is 13.2. The van der Waals surface area contributed by atoms with E-state index in [4.69, 9.17) is 0 Å². The molecule has 0 saturated carbocycles. The summed E-state index contributed by atoms with van der Waals surface area (Å²) in [6, 6.07) is 4.01. The summed E-state index contributed by atoms with van der Waals surface area (Å²) in [7, 11) is -3.87. The summed E-state index contributed by atoms with van der Waals surface area (Å²) in [6.07, 6.45) is 0. The van der Waals surface area contributed by atoms with E-state index in [0.717, 1.165) is 6.07 Å². The second-order valence-corrected chi connectivity index (χ2v) is 9.23. The highest BCUT2D eigenvalue weighted by molar-refractivity contribution is 7.89. The van der Waals surface area contributed by atoms with Crippen molar-refractivity contribution in [3.05, 3.63) is 28.3 Å². The standard InChI is InChI=1S/C20H33N5O5S/c1-5-22(6-2)20(26)16-21-11-13-23(14-12-21)18-10-9-17(25(27)28)15-19(18)31(29,30)24(7-3)8-4/h9-10,15H,5-8,11-14,16H2,1-4H3.